The number of aromatic nitrogens is 1. The number of fused-ring (bicyclic) bond motifs is 1. The molecular weight excluding hydrogens is 448 g/mol. The van der Waals surface area contributed by atoms with Crippen molar-refractivity contribution in [2.45, 2.75) is 50.0 Å². The number of hydrogen-bond donors (Lipinski definition) is 0. The van der Waals surface area contributed by atoms with Gasteiger partial charge in [-0.05, 0) is 73.7 Å². The molecule has 2 aliphatic rings. The van der Waals surface area contributed by atoms with E-state index >= 15 is 0 Å². The highest BCUT2D eigenvalue weighted by Crippen LogP contribution is 2.34. The van der Waals surface area contributed by atoms with Crippen LogP contribution in [0.5, 0.6) is 11.5 Å². The molecule has 1 aromatic heterocycles. The van der Waals surface area contributed by atoms with Crippen LogP contribution in [-0.2, 0) is 22.8 Å². The molecule has 0 spiro atoms. The van der Waals surface area contributed by atoms with Crippen LogP contribution in [0.3, 0.4) is 0 Å². The monoisotopic (exact) mass is 478 g/mol. The fourth-order valence-electron chi connectivity index (χ4n) is 4.48. The van der Waals surface area contributed by atoms with Crippen LogP contribution < -0.4 is 9.47 Å². The highest BCUT2D eigenvalue weighted by molar-refractivity contribution is 7.90. The van der Waals surface area contributed by atoms with E-state index in [2.05, 4.69) is 41.9 Å². The van der Waals surface area contributed by atoms with Crippen molar-refractivity contribution in [3.8, 4) is 22.6 Å². The van der Waals surface area contributed by atoms with Gasteiger partial charge in [0.1, 0.15) is 23.2 Å². The summed E-state index contributed by atoms with van der Waals surface area (Å²) in [6.45, 7) is 7.02. The Labute approximate surface area is 201 Å². The lowest BCUT2D eigenvalue weighted by molar-refractivity contribution is 0.0145. The molecule has 0 atom stereocenters. The van der Waals surface area contributed by atoms with E-state index in [0.717, 1.165) is 61.4 Å². The number of nitrogens with zero attached hydrogens (tertiary/aromatic N) is 2. The lowest BCUT2D eigenvalue weighted by Crippen LogP contribution is -2.53. The van der Waals surface area contributed by atoms with E-state index in [-0.39, 0.29) is 16.7 Å². The van der Waals surface area contributed by atoms with Crippen molar-refractivity contribution in [2.24, 2.45) is 0 Å². The first-order valence-corrected chi connectivity index (χ1v) is 13.5. The Morgan fingerprint density at radius 1 is 1.06 bits per heavy atom. The first-order valence-electron chi connectivity index (χ1n) is 11.6. The van der Waals surface area contributed by atoms with Gasteiger partial charge in [0.05, 0.1) is 0 Å². The number of rotatable bonds is 6. The second kappa shape index (κ2) is 8.71. The van der Waals surface area contributed by atoms with Crippen molar-refractivity contribution in [1.29, 1.82) is 0 Å². The molecule has 3 heterocycles. The molecular formula is C27H30N2O4S. The third kappa shape index (κ3) is 5.10. The Morgan fingerprint density at radius 3 is 2.47 bits per heavy atom. The van der Waals surface area contributed by atoms with Crippen molar-refractivity contribution in [2.75, 3.05) is 19.3 Å². The van der Waals surface area contributed by atoms with Crippen molar-refractivity contribution in [3.05, 3.63) is 71.9 Å². The van der Waals surface area contributed by atoms with Gasteiger partial charge in [0.2, 0.25) is 0 Å². The van der Waals surface area contributed by atoms with Gasteiger partial charge in [0, 0.05) is 37.7 Å². The quantitative estimate of drug-likeness (QED) is 0.519. The topological polar surface area (TPSA) is 68.7 Å². The van der Waals surface area contributed by atoms with Crippen molar-refractivity contribution >= 4 is 9.84 Å². The van der Waals surface area contributed by atoms with Gasteiger partial charge < -0.3 is 9.47 Å². The zero-order chi connectivity index (χ0) is 23.9. The predicted molar refractivity (Wildman–Crippen MR) is 132 cm³/mol. The lowest BCUT2D eigenvalue weighted by atomic mass is 9.93. The Morgan fingerprint density at radius 2 is 1.79 bits per heavy atom. The van der Waals surface area contributed by atoms with E-state index in [1.54, 1.807) is 12.3 Å². The molecule has 1 fully saturated rings. The number of sulfone groups is 1. The van der Waals surface area contributed by atoms with E-state index in [1.807, 2.05) is 24.3 Å². The summed E-state index contributed by atoms with van der Waals surface area (Å²) in [5.74, 6) is 1.86. The minimum absolute atomic E-state index is 0.0749. The highest BCUT2D eigenvalue weighted by Gasteiger charge is 2.30. The van der Waals surface area contributed by atoms with E-state index in [0.29, 0.717) is 0 Å². The number of hydrogen-bond acceptors (Lipinski definition) is 6. The molecule has 34 heavy (non-hydrogen) atoms. The SMILES string of the molecule is CC1(C)CCc2cc(CN3CC(Oc4ccc(-c5ccc(S(C)(=O)=O)nc5)cc4)C3)ccc2O1. The molecule has 178 valence electrons. The number of aryl methyl sites for hydroxylation is 1. The first-order chi connectivity index (χ1) is 16.1. The van der Waals surface area contributed by atoms with Gasteiger partial charge in [-0.1, -0.05) is 24.3 Å². The lowest BCUT2D eigenvalue weighted by Gasteiger charge is -2.39. The number of ether oxygens (including phenoxy) is 2. The minimum Gasteiger partial charge on any atom is -0.488 e. The van der Waals surface area contributed by atoms with Crippen LogP contribution in [0.1, 0.15) is 31.4 Å². The normalized spacial score (nSPS) is 18.0. The Hall–Kier alpha value is -2.90. The van der Waals surface area contributed by atoms with Crippen LogP contribution in [0, 0.1) is 0 Å². The largest absolute Gasteiger partial charge is 0.488 e. The summed E-state index contributed by atoms with van der Waals surface area (Å²) < 4.78 is 35.4. The minimum atomic E-state index is -3.29. The fraction of sp³-hybridized carbons (Fsp3) is 0.370. The van der Waals surface area contributed by atoms with Crippen LogP contribution in [0.15, 0.2) is 65.8 Å². The Bertz CT molecular complexity index is 1280. The average molecular weight is 479 g/mol. The summed E-state index contributed by atoms with van der Waals surface area (Å²) in [6.07, 6.45) is 5.04. The van der Waals surface area contributed by atoms with Gasteiger partial charge >= 0.3 is 0 Å². The van der Waals surface area contributed by atoms with E-state index in [1.165, 1.54) is 17.2 Å². The summed E-state index contributed by atoms with van der Waals surface area (Å²) in [4.78, 5) is 6.45. The van der Waals surface area contributed by atoms with Crippen LogP contribution >= 0.6 is 0 Å². The summed E-state index contributed by atoms with van der Waals surface area (Å²) in [5, 5.41) is 0.0819. The molecule has 7 heteroatoms. The first kappa shape index (κ1) is 22.9. The zero-order valence-electron chi connectivity index (χ0n) is 19.8. The predicted octanol–water partition coefficient (Wildman–Crippen LogP) is 4.52. The third-order valence-corrected chi connectivity index (χ3v) is 7.45. The van der Waals surface area contributed by atoms with E-state index < -0.39 is 9.84 Å². The molecule has 5 rings (SSSR count). The number of likely N-dealkylation sites (tertiary alicyclic amines) is 1. The van der Waals surface area contributed by atoms with Crippen molar-refractivity contribution in [3.63, 3.8) is 0 Å². The Kier molecular flexibility index (Phi) is 5.86. The van der Waals surface area contributed by atoms with Gasteiger partial charge in [-0.3, -0.25) is 4.90 Å². The smallest absolute Gasteiger partial charge is 0.192 e. The molecule has 0 unspecified atom stereocenters. The molecule has 1 saturated heterocycles. The van der Waals surface area contributed by atoms with Crippen LogP contribution in [0.25, 0.3) is 11.1 Å². The summed E-state index contributed by atoms with van der Waals surface area (Å²) in [6, 6.07) is 17.7. The second-order valence-corrected chi connectivity index (χ2v) is 11.9. The van der Waals surface area contributed by atoms with Crippen LogP contribution in [-0.4, -0.2) is 49.4 Å². The molecule has 0 bridgehead atoms. The third-order valence-electron chi connectivity index (χ3n) is 6.44. The molecule has 0 aliphatic carbocycles. The van der Waals surface area contributed by atoms with Gasteiger partial charge in [0.25, 0.3) is 0 Å². The molecule has 0 saturated carbocycles. The standard InChI is InChI=1S/C27H30N2O4S/c1-27(2)13-12-21-14-19(4-10-25(21)33-27)16-29-17-24(18-29)32-23-8-5-20(6-9-23)22-7-11-26(28-15-22)34(3,30)31/h4-11,14-15,24H,12-13,16-18H2,1-3H3. The van der Waals surface area contributed by atoms with E-state index in [4.69, 9.17) is 9.47 Å². The van der Waals surface area contributed by atoms with Crippen LogP contribution in [0.2, 0.25) is 0 Å². The number of benzene rings is 2. The van der Waals surface area contributed by atoms with Gasteiger partial charge in [-0.25, -0.2) is 13.4 Å². The Balaban J connectivity index is 1.13. The molecule has 0 radical (unpaired) electrons. The molecule has 0 N–H and O–H groups in total. The zero-order valence-corrected chi connectivity index (χ0v) is 20.6. The van der Waals surface area contributed by atoms with Crippen molar-refractivity contribution in [1.82, 2.24) is 9.88 Å². The van der Waals surface area contributed by atoms with E-state index in [9.17, 15) is 8.42 Å². The maximum Gasteiger partial charge on any atom is 0.192 e. The van der Waals surface area contributed by atoms with Gasteiger partial charge in [-0.2, -0.15) is 0 Å². The molecule has 3 aromatic rings. The van der Waals surface area contributed by atoms with Gasteiger partial charge in [-0.15, -0.1) is 0 Å². The van der Waals surface area contributed by atoms with Crippen molar-refractivity contribution < 1.29 is 17.9 Å². The molecule has 0 amide bonds. The maximum absolute atomic E-state index is 11.6. The van der Waals surface area contributed by atoms with Crippen LogP contribution in [0.4, 0.5) is 0 Å². The average Bonchev–Trinajstić information content (AvgIpc) is 2.77. The summed E-state index contributed by atoms with van der Waals surface area (Å²) in [5.41, 5.74) is 4.39. The number of pyridine rings is 1. The second-order valence-electron chi connectivity index (χ2n) is 9.92. The molecule has 2 aromatic carbocycles. The van der Waals surface area contributed by atoms with Gasteiger partial charge in [0.15, 0.2) is 14.9 Å². The highest BCUT2D eigenvalue weighted by atomic mass is 32.2. The summed E-state index contributed by atoms with van der Waals surface area (Å²) in [7, 11) is -3.29. The maximum atomic E-state index is 11.6. The molecule has 6 nitrogen and oxygen atoms in total. The summed E-state index contributed by atoms with van der Waals surface area (Å²) >= 11 is 0. The molecule has 2 aliphatic heterocycles. The fourth-order valence-corrected chi connectivity index (χ4v) is 5.04.